The first-order valence-corrected chi connectivity index (χ1v) is 7.72. The number of imidazole rings is 1. The first-order valence-electron chi connectivity index (χ1n) is 7.72. The van der Waals surface area contributed by atoms with E-state index in [1.165, 1.54) is 0 Å². The van der Waals surface area contributed by atoms with Crippen LogP contribution in [0.15, 0.2) is 24.4 Å². The molecule has 1 saturated heterocycles. The number of rotatable bonds is 4. The monoisotopic (exact) mass is 302 g/mol. The average molecular weight is 302 g/mol. The van der Waals surface area contributed by atoms with Gasteiger partial charge >= 0.3 is 6.03 Å². The molecule has 3 N–H and O–H groups in total. The number of nitrogens with one attached hydrogen (secondary N) is 3. The molecular weight excluding hydrogens is 280 g/mol. The minimum Gasteiger partial charge on any atom is -0.355 e. The Hall–Kier alpha value is -2.28. The predicted molar refractivity (Wildman–Crippen MR) is 86.2 cm³/mol. The number of fused-ring (bicyclic) bond motifs is 1. The number of carbonyl (C=O) groups is 1. The topological polar surface area (TPSA) is 73.7 Å². The van der Waals surface area contributed by atoms with Gasteiger partial charge in [0.2, 0.25) is 0 Å². The maximum Gasteiger partial charge on any atom is 0.315 e. The van der Waals surface area contributed by atoms with Gasteiger partial charge in [-0.05, 0) is 19.1 Å². The van der Waals surface area contributed by atoms with Gasteiger partial charge in [-0.1, -0.05) is 6.07 Å². The molecule has 0 unspecified atom stereocenters. The summed E-state index contributed by atoms with van der Waals surface area (Å²) in [5.41, 5.74) is 1.76. The molecule has 0 radical (unpaired) electrons. The summed E-state index contributed by atoms with van der Waals surface area (Å²) < 4.78 is 2.10. The van der Waals surface area contributed by atoms with Gasteiger partial charge in [-0.15, -0.1) is 0 Å². The molecule has 0 spiro atoms. The van der Waals surface area contributed by atoms with E-state index in [4.69, 9.17) is 0 Å². The van der Waals surface area contributed by atoms with Gasteiger partial charge in [0.25, 0.3) is 0 Å². The highest BCUT2D eigenvalue weighted by Gasteiger charge is 2.14. The Morgan fingerprint density at radius 2 is 2.14 bits per heavy atom. The molecule has 0 atom stereocenters. The number of pyridine rings is 1. The molecule has 1 fully saturated rings. The zero-order valence-electron chi connectivity index (χ0n) is 12.8. The maximum atomic E-state index is 11.5. The molecule has 22 heavy (non-hydrogen) atoms. The minimum atomic E-state index is -0.165. The minimum absolute atomic E-state index is 0.165. The fraction of sp³-hybridized carbons (Fsp3) is 0.467. The Kier molecular flexibility index (Phi) is 4.43. The Balaban J connectivity index is 1.78. The van der Waals surface area contributed by atoms with Crippen LogP contribution in [0.2, 0.25) is 0 Å². The van der Waals surface area contributed by atoms with Crippen molar-refractivity contribution in [1.29, 1.82) is 0 Å². The summed E-state index contributed by atoms with van der Waals surface area (Å²) in [6.45, 7) is 6.91. The van der Waals surface area contributed by atoms with Crippen molar-refractivity contribution in [2.45, 2.75) is 13.5 Å². The molecule has 2 aromatic rings. The molecule has 118 valence electrons. The van der Waals surface area contributed by atoms with E-state index in [1.54, 1.807) is 0 Å². The third-order valence-electron chi connectivity index (χ3n) is 3.73. The van der Waals surface area contributed by atoms with Crippen molar-refractivity contribution in [2.75, 3.05) is 37.6 Å². The van der Waals surface area contributed by atoms with Crippen LogP contribution in [0, 0.1) is 0 Å². The van der Waals surface area contributed by atoms with Crippen molar-refractivity contribution in [3.63, 3.8) is 0 Å². The molecule has 2 amide bonds. The Morgan fingerprint density at radius 1 is 1.32 bits per heavy atom. The number of carbonyl (C=O) groups excluding carboxylic acids is 1. The lowest BCUT2D eigenvalue weighted by Crippen LogP contribution is -2.44. The Labute approximate surface area is 129 Å². The smallest absolute Gasteiger partial charge is 0.315 e. The van der Waals surface area contributed by atoms with Crippen molar-refractivity contribution in [2.24, 2.45) is 0 Å². The molecule has 0 saturated carbocycles. The van der Waals surface area contributed by atoms with Gasteiger partial charge in [0.15, 0.2) is 0 Å². The van der Waals surface area contributed by atoms with E-state index in [9.17, 15) is 4.79 Å². The first kappa shape index (κ1) is 14.6. The zero-order valence-corrected chi connectivity index (χ0v) is 12.8. The van der Waals surface area contributed by atoms with Crippen molar-refractivity contribution in [3.8, 4) is 0 Å². The van der Waals surface area contributed by atoms with Gasteiger partial charge in [-0.2, -0.15) is 0 Å². The van der Waals surface area contributed by atoms with Crippen LogP contribution in [0.1, 0.15) is 12.6 Å². The Morgan fingerprint density at radius 3 is 2.91 bits per heavy atom. The van der Waals surface area contributed by atoms with Gasteiger partial charge < -0.3 is 20.9 Å². The van der Waals surface area contributed by atoms with Gasteiger partial charge in [-0.25, -0.2) is 9.78 Å². The molecule has 7 nitrogen and oxygen atoms in total. The van der Waals surface area contributed by atoms with E-state index in [0.717, 1.165) is 43.3 Å². The van der Waals surface area contributed by atoms with Gasteiger partial charge in [-0.3, -0.25) is 4.40 Å². The Bertz CT molecular complexity index is 647. The summed E-state index contributed by atoms with van der Waals surface area (Å²) in [4.78, 5) is 18.4. The van der Waals surface area contributed by atoms with Crippen molar-refractivity contribution in [3.05, 3.63) is 30.1 Å². The highest BCUT2D eigenvalue weighted by atomic mass is 16.2. The van der Waals surface area contributed by atoms with Gasteiger partial charge in [0, 0.05) is 38.9 Å². The number of piperazine rings is 1. The SMILES string of the molecule is CCNC(=O)NCc1cn2c(N3CCNCC3)cccc2n1. The van der Waals surface area contributed by atoms with Crippen LogP contribution in [-0.4, -0.2) is 48.1 Å². The summed E-state index contributed by atoms with van der Waals surface area (Å²) in [7, 11) is 0. The molecule has 1 aliphatic heterocycles. The summed E-state index contributed by atoms with van der Waals surface area (Å²) in [5.74, 6) is 1.15. The third kappa shape index (κ3) is 3.14. The van der Waals surface area contributed by atoms with Gasteiger partial charge in [0.05, 0.1) is 12.2 Å². The number of nitrogens with zero attached hydrogens (tertiary/aromatic N) is 3. The third-order valence-corrected chi connectivity index (χ3v) is 3.73. The molecule has 0 aromatic carbocycles. The predicted octanol–water partition coefficient (Wildman–Crippen LogP) is 0.563. The highest BCUT2D eigenvalue weighted by molar-refractivity contribution is 5.73. The zero-order chi connectivity index (χ0) is 15.4. The summed E-state index contributed by atoms with van der Waals surface area (Å²) in [6.07, 6.45) is 2.00. The van der Waals surface area contributed by atoms with E-state index in [2.05, 4.69) is 36.3 Å². The molecule has 0 aliphatic carbocycles. The van der Waals surface area contributed by atoms with E-state index in [-0.39, 0.29) is 6.03 Å². The second-order valence-corrected chi connectivity index (χ2v) is 5.29. The van der Waals surface area contributed by atoms with Gasteiger partial charge in [0.1, 0.15) is 11.5 Å². The molecule has 0 bridgehead atoms. The highest BCUT2D eigenvalue weighted by Crippen LogP contribution is 2.18. The molecule has 1 aliphatic rings. The van der Waals surface area contributed by atoms with Crippen LogP contribution >= 0.6 is 0 Å². The molecule has 3 heterocycles. The van der Waals surface area contributed by atoms with Crippen LogP contribution in [0.25, 0.3) is 5.65 Å². The largest absolute Gasteiger partial charge is 0.355 e. The average Bonchev–Trinajstić information content (AvgIpc) is 2.97. The van der Waals surface area contributed by atoms with Crippen molar-refractivity contribution in [1.82, 2.24) is 25.3 Å². The number of anilines is 1. The summed E-state index contributed by atoms with van der Waals surface area (Å²) >= 11 is 0. The number of hydrogen-bond donors (Lipinski definition) is 3. The second-order valence-electron chi connectivity index (χ2n) is 5.29. The van der Waals surface area contributed by atoms with Crippen LogP contribution in [0.3, 0.4) is 0 Å². The van der Waals surface area contributed by atoms with Crippen LogP contribution in [-0.2, 0) is 6.54 Å². The van der Waals surface area contributed by atoms with E-state index in [1.807, 2.05) is 25.3 Å². The fourth-order valence-electron chi connectivity index (χ4n) is 2.68. The van der Waals surface area contributed by atoms with E-state index >= 15 is 0 Å². The van der Waals surface area contributed by atoms with E-state index in [0.29, 0.717) is 13.1 Å². The number of urea groups is 1. The van der Waals surface area contributed by atoms with Crippen LogP contribution < -0.4 is 20.9 Å². The van der Waals surface area contributed by atoms with Crippen LogP contribution in [0.4, 0.5) is 10.6 Å². The van der Waals surface area contributed by atoms with Crippen molar-refractivity contribution >= 4 is 17.5 Å². The maximum absolute atomic E-state index is 11.5. The lowest BCUT2D eigenvalue weighted by atomic mass is 10.3. The molecule has 2 aromatic heterocycles. The molecule has 3 rings (SSSR count). The quantitative estimate of drug-likeness (QED) is 0.772. The second kappa shape index (κ2) is 6.65. The first-order chi connectivity index (χ1) is 10.8. The van der Waals surface area contributed by atoms with Crippen molar-refractivity contribution < 1.29 is 4.79 Å². The number of amides is 2. The standard InChI is InChI=1S/C15H22N6O/c1-2-17-15(22)18-10-12-11-21-13(19-12)4-3-5-14(21)20-8-6-16-7-9-20/h3-5,11,16H,2,6-10H2,1H3,(H2,17,18,22). The molecular formula is C15H22N6O. The summed E-state index contributed by atoms with van der Waals surface area (Å²) in [5, 5.41) is 8.88. The number of aromatic nitrogens is 2. The fourth-order valence-corrected chi connectivity index (χ4v) is 2.68. The number of hydrogen-bond acceptors (Lipinski definition) is 4. The van der Waals surface area contributed by atoms with Crippen LogP contribution in [0.5, 0.6) is 0 Å². The lowest BCUT2D eigenvalue weighted by Gasteiger charge is -2.29. The lowest BCUT2D eigenvalue weighted by molar-refractivity contribution is 0.241. The van der Waals surface area contributed by atoms with E-state index < -0.39 is 0 Å². The summed E-state index contributed by atoms with van der Waals surface area (Å²) in [6, 6.07) is 5.96. The normalized spacial score (nSPS) is 15.0. The molecule has 7 heteroatoms.